The van der Waals surface area contributed by atoms with Crippen molar-refractivity contribution in [2.24, 2.45) is 0 Å². The molecule has 1 atom stereocenters. The smallest absolute Gasteiger partial charge is 0.240 e. The monoisotopic (exact) mass is 317 g/mol. The lowest BCUT2D eigenvalue weighted by Gasteiger charge is -2.22. The van der Waals surface area contributed by atoms with Crippen LogP contribution in [0.4, 0.5) is 0 Å². The molecule has 0 amide bonds. The third-order valence-electron chi connectivity index (χ3n) is 2.67. The second-order valence-corrected chi connectivity index (χ2v) is 7.47. The van der Waals surface area contributed by atoms with E-state index in [0.717, 1.165) is 0 Å². The van der Waals surface area contributed by atoms with Crippen molar-refractivity contribution in [2.75, 3.05) is 18.6 Å². The van der Waals surface area contributed by atoms with Gasteiger partial charge in [0.2, 0.25) is 10.0 Å². The van der Waals surface area contributed by atoms with Crippen molar-refractivity contribution < 1.29 is 18.3 Å². The van der Waals surface area contributed by atoms with E-state index in [2.05, 4.69) is 4.72 Å². The molecule has 0 aliphatic carbocycles. The molecular formula is C13H19NO4S2. The zero-order valence-electron chi connectivity index (χ0n) is 11.7. The summed E-state index contributed by atoms with van der Waals surface area (Å²) in [5, 5.41) is 9.95. The van der Waals surface area contributed by atoms with Crippen molar-refractivity contribution in [1.29, 1.82) is 0 Å². The van der Waals surface area contributed by atoms with E-state index < -0.39 is 15.6 Å². The number of nitrogens with one attached hydrogen (secondary N) is 1. The maximum absolute atomic E-state index is 12.1. The van der Waals surface area contributed by atoms with Gasteiger partial charge in [0.15, 0.2) is 5.78 Å². The third-order valence-corrected chi connectivity index (χ3v) is 5.00. The Labute approximate surface area is 123 Å². The minimum atomic E-state index is -3.68. The van der Waals surface area contributed by atoms with Crippen LogP contribution in [0.1, 0.15) is 24.2 Å². The first kappa shape index (κ1) is 17.2. The molecule has 7 heteroatoms. The van der Waals surface area contributed by atoms with Crippen LogP contribution < -0.4 is 4.72 Å². The standard InChI is InChI=1S/C13H19NO4S2/c1-10(15)11-4-6-12(7-5-11)20(17,18)14-8-13(2,16)9-19-3/h4-7,14,16H,8-9H2,1-3H3. The predicted molar refractivity (Wildman–Crippen MR) is 80.6 cm³/mol. The number of thioether (sulfide) groups is 1. The number of hydrogen-bond acceptors (Lipinski definition) is 5. The molecule has 0 heterocycles. The van der Waals surface area contributed by atoms with Gasteiger partial charge >= 0.3 is 0 Å². The summed E-state index contributed by atoms with van der Waals surface area (Å²) in [4.78, 5) is 11.2. The van der Waals surface area contributed by atoms with Crippen molar-refractivity contribution in [3.8, 4) is 0 Å². The van der Waals surface area contributed by atoms with Crippen molar-refractivity contribution in [3.63, 3.8) is 0 Å². The van der Waals surface area contributed by atoms with Gasteiger partial charge in [0.25, 0.3) is 0 Å². The van der Waals surface area contributed by atoms with Crippen LogP contribution in [0.25, 0.3) is 0 Å². The molecule has 1 aromatic carbocycles. The largest absolute Gasteiger partial charge is 0.388 e. The number of hydrogen-bond donors (Lipinski definition) is 2. The summed E-state index contributed by atoms with van der Waals surface area (Å²) in [5.41, 5.74) is -0.649. The first-order chi connectivity index (χ1) is 9.18. The van der Waals surface area contributed by atoms with Crippen LogP contribution in [-0.2, 0) is 10.0 Å². The van der Waals surface area contributed by atoms with Crippen molar-refractivity contribution in [3.05, 3.63) is 29.8 Å². The first-order valence-electron chi connectivity index (χ1n) is 6.00. The number of ketones is 1. The minimum Gasteiger partial charge on any atom is -0.388 e. The van der Waals surface area contributed by atoms with Crippen LogP contribution in [0.5, 0.6) is 0 Å². The van der Waals surface area contributed by atoms with Gasteiger partial charge in [-0.1, -0.05) is 12.1 Å². The number of carbonyl (C=O) groups excluding carboxylic acids is 1. The maximum atomic E-state index is 12.1. The molecule has 1 unspecified atom stereocenters. The summed E-state index contributed by atoms with van der Waals surface area (Å²) in [6, 6.07) is 5.69. The lowest BCUT2D eigenvalue weighted by Crippen LogP contribution is -2.42. The Kier molecular flexibility index (Phi) is 5.76. The fourth-order valence-corrected chi connectivity index (χ4v) is 3.45. The van der Waals surface area contributed by atoms with E-state index in [-0.39, 0.29) is 17.2 Å². The number of carbonyl (C=O) groups is 1. The molecule has 0 spiro atoms. The van der Waals surface area contributed by atoms with E-state index in [1.165, 1.54) is 43.0 Å². The Hall–Kier alpha value is -0.890. The van der Waals surface area contributed by atoms with E-state index in [0.29, 0.717) is 11.3 Å². The second kappa shape index (κ2) is 6.71. The molecule has 5 nitrogen and oxygen atoms in total. The Morgan fingerprint density at radius 3 is 2.35 bits per heavy atom. The van der Waals surface area contributed by atoms with Gasteiger partial charge in [0.1, 0.15) is 0 Å². The molecule has 0 saturated heterocycles. The van der Waals surface area contributed by atoms with Crippen molar-refractivity contribution in [2.45, 2.75) is 24.3 Å². The van der Waals surface area contributed by atoms with Crippen LogP contribution in [0, 0.1) is 0 Å². The van der Waals surface area contributed by atoms with Crippen LogP contribution >= 0.6 is 11.8 Å². The highest BCUT2D eigenvalue weighted by atomic mass is 32.2. The molecule has 0 aromatic heterocycles. The summed E-state index contributed by atoms with van der Waals surface area (Å²) in [6.45, 7) is 2.93. The van der Waals surface area contributed by atoms with Gasteiger partial charge in [-0.05, 0) is 32.2 Å². The molecule has 0 aliphatic heterocycles. The van der Waals surface area contributed by atoms with E-state index >= 15 is 0 Å². The van der Waals surface area contributed by atoms with Crippen LogP contribution in [0.2, 0.25) is 0 Å². The predicted octanol–water partition coefficient (Wildman–Crippen LogP) is 1.28. The van der Waals surface area contributed by atoms with Gasteiger partial charge in [-0.2, -0.15) is 11.8 Å². The minimum absolute atomic E-state index is 0.0648. The lowest BCUT2D eigenvalue weighted by atomic mass is 10.1. The SMILES string of the molecule is CSCC(C)(O)CNS(=O)(=O)c1ccc(C(C)=O)cc1. The highest BCUT2D eigenvalue weighted by molar-refractivity contribution is 7.98. The van der Waals surface area contributed by atoms with Crippen molar-refractivity contribution in [1.82, 2.24) is 4.72 Å². The second-order valence-electron chi connectivity index (χ2n) is 4.84. The van der Waals surface area contributed by atoms with Crippen LogP contribution in [0.3, 0.4) is 0 Å². The fourth-order valence-electron chi connectivity index (χ4n) is 1.56. The quantitative estimate of drug-likeness (QED) is 0.740. The first-order valence-corrected chi connectivity index (χ1v) is 8.88. The summed E-state index contributed by atoms with van der Waals surface area (Å²) >= 11 is 1.44. The zero-order chi connectivity index (χ0) is 15.4. The van der Waals surface area contributed by atoms with Crippen molar-refractivity contribution >= 4 is 27.6 Å². The normalized spacial score (nSPS) is 14.8. The molecule has 0 saturated carbocycles. The Morgan fingerprint density at radius 1 is 1.35 bits per heavy atom. The van der Waals surface area contributed by atoms with Gasteiger partial charge in [-0.25, -0.2) is 13.1 Å². The molecule has 1 aromatic rings. The average Bonchev–Trinajstić information content (AvgIpc) is 2.37. The number of sulfonamides is 1. The summed E-state index contributed by atoms with van der Waals surface area (Å²) in [6.07, 6.45) is 1.84. The number of rotatable bonds is 7. The lowest BCUT2D eigenvalue weighted by molar-refractivity contribution is 0.0908. The van der Waals surface area contributed by atoms with Gasteiger partial charge in [0.05, 0.1) is 10.5 Å². The third kappa shape index (κ3) is 4.90. The van der Waals surface area contributed by atoms with Gasteiger partial charge in [-0.3, -0.25) is 4.79 Å². The van der Waals surface area contributed by atoms with Crippen LogP contribution in [0.15, 0.2) is 29.2 Å². The average molecular weight is 317 g/mol. The Bertz CT molecular complexity index is 565. The topological polar surface area (TPSA) is 83.5 Å². The molecule has 2 N–H and O–H groups in total. The van der Waals surface area contributed by atoms with E-state index in [1.54, 1.807) is 6.92 Å². The molecular weight excluding hydrogens is 298 g/mol. The molecule has 0 aliphatic rings. The Morgan fingerprint density at radius 2 is 1.90 bits per heavy atom. The highest BCUT2D eigenvalue weighted by Gasteiger charge is 2.23. The number of aliphatic hydroxyl groups is 1. The summed E-state index contributed by atoms with van der Waals surface area (Å²) in [7, 11) is -3.68. The van der Waals surface area contributed by atoms with E-state index in [1.807, 2.05) is 6.26 Å². The molecule has 112 valence electrons. The van der Waals surface area contributed by atoms with Gasteiger partial charge < -0.3 is 5.11 Å². The molecule has 0 fully saturated rings. The van der Waals surface area contributed by atoms with Crippen LogP contribution in [-0.4, -0.2) is 43.5 Å². The molecule has 20 heavy (non-hydrogen) atoms. The van der Waals surface area contributed by atoms with Gasteiger partial charge in [-0.15, -0.1) is 0 Å². The Balaban J connectivity index is 2.81. The number of Topliss-reactive ketones (excluding diaryl/α,β-unsaturated/α-hetero) is 1. The number of benzene rings is 1. The fraction of sp³-hybridized carbons (Fsp3) is 0.462. The van der Waals surface area contributed by atoms with Gasteiger partial charge in [0, 0.05) is 17.9 Å². The molecule has 0 bridgehead atoms. The zero-order valence-corrected chi connectivity index (χ0v) is 13.3. The summed E-state index contributed by atoms with van der Waals surface area (Å²) < 4.78 is 26.5. The maximum Gasteiger partial charge on any atom is 0.240 e. The molecule has 1 rings (SSSR count). The van der Waals surface area contributed by atoms with E-state index in [9.17, 15) is 18.3 Å². The summed E-state index contributed by atoms with van der Waals surface area (Å²) in [5.74, 6) is 0.309. The van der Waals surface area contributed by atoms with E-state index in [4.69, 9.17) is 0 Å². The molecule has 0 radical (unpaired) electrons. The highest BCUT2D eigenvalue weighted by Crippen LogP contribution is 2.14.